The van der Waals surface area contributed by atoms with Gasteiger partial charge in [-0.25, -0.2) is 9.18 Å². The number of nitrogens with one attached hydrogen (secondary N) is 2. The van der Waals surface area contributed by atoms with Gasteiger partial charge in [0.2, 0.25) is 0 Å². The van der Waals surface area contributed by atoms with Crippen LogP contribution < -0.4 is 5.32 Å². The minimum Gasteiger partial charge on any atom is -0.477 e. The van der Waals surface area contributed by atoms with Gasteiger partial charge in [-0.1, -0.05) is 11.6 Å². The van der Waals surface area contributed by atoms with E-state index in [4.69, 9.17) is 5.11 Å². The number of carbonyl (C=O) groups excluding carboxylic acids is 1. The lowest BCUT2D eigenvalue weighted by Gasteiger charge is -2.06. The van der Waals surface area contributed by atoms with Crippen molar-refractivity contribution in [3.05, 3.63) is 52.6 Å². The van der Waals surface area contributed by atoms with E-state index in [0.29, 0.717) is 5.69 Å². The maximum absolute atomic E-state index is 13.6. The normalized spacial score (nSPS) is 10.3. The lowest BCUT2D eigenvalue weighted by atomic mass is 10.1. The number of H-pyrrole nitrogens is 1. The van der Waals surface area contributed by atoms with E-state index >= 15 is 0 Å². The highest BCUT2D eigenvalue weighted by atomic mass is 19.1. The van der Waals surface area contributed by atoms with Crippen molar-refractivity contribution >= 4 is 17.6 Å². The summed E-state index contributed by atoms with van der Waals surface area (Å²) in [6, 6.07) is 5.64. The highest BCUT2D eigenvalue weighted by Gasteiger charge is 2.18. The lowest BCUT2D eigenvalue weighted by molar-refractivity contribution is 0.0692. The number of hydrogen-bond acceptors (Lipinski definition) is 2. The Balaban J connectivity index is 2.32. The first-order chi connectivity index (χ1) is 9.38. The van der Waals surface area contributed by atoms with Crippen molar-refractivity contribution in [3.8, 4) is 0 Å². The number of carbonyl (C=O) groups is 2. The Hall–Kier alpha value is -2.63. The van der Waals surface area contributed by atoms with Crippen LogP contribution in [0.15, 0.2) is 24.3 Å². The number of carboxylic acid groups (broad SMARTS) is 1. The van der Waals surface area contributed by atoms with Crippen LogP contribution in [0.25, 0.3) is 0 Å². The van der Waals surface area contributed by atoms with Gasteiger partial charge in [0.25, 0.3) is 5.91 Å². The lowest BCUT2D eigenvalue weighted by Crippen LogP contribution is -2.15. The molecule has 1 aromatic carbocycles. The van der Waals surface area contributed by atoms with Crippen molar-refractivity contribution in [3.63, 3.8) is 0 Å². The fourth-order valence-electron chi connectivity index (χ4n) is 1.86. The van der Waals surface area contributed by atoms with Gasteiger partial charge >= 0.3 is 5.97 Å². The van der Waals surface area contributed by atoms with E-state index in [1.54, 1.807) is 19.9 Å². The number of aromatic amines is 1. The van der Waals surface area contributed by atoms with Gasteiger partial charge in [-0.3, -0.25) is 4.79 Å². The molecule has 1 aromatic heterocycles. The number of aromatic carboxylic acids is 1. The summed E-state index contributed by atoms with van der Waals surface area (Å²) in [5.74, 6) is -2.54. The highest BCUT2D eigenvalue weighted by Crippen LogP contribution is 2.19. The molecule has 0 fully saturated rings. The number of amides is 1. The average Bonchev–Trinajstić information content (AvgIpc) is 2.73. The molecule has 0 aliphatic carbocycles. The van der Waals surface area contributed by atoms with Crippen molar-refractivity contribution in [2.75, 3.05) is 5.32 Å². The maximum atomic E-state index is 13.6. The van der Waals surface area contributed by atoms with Gasteiger partial charge in [-0.05, 0) is 32.0 Å². The quantitative estimate of drug-likeness (QED) is 0.806. The monoisotopic (exact) mass is 276 g/mol. The zero-order valence-corrected chi connectivity index (χ0v) is 11.0. The summed E-state index contributed by atoms with van der Waals surface area (Å²) >= 11 is 0. The molecule has 1 amide bonds. The Labute approximate surface area is 114 Å². The number of aryl methyl sites for hydroxylation is 2. The standard InChI is InChI=1S/C14H13FN2O3/c1-7-3-4-10(15)9(5-7)13(18)17-11-6-8(2)16-12(11)14(19)20/h3-6,16H,1-2H3,(H,17,18)(H,19,20). The molecule has 3 N–H and O–H groups in total. The second-order valence-corrected chi connectivity index (χ2v) is 4.48. The van der Waals surface area contributed by atoms with Crippen LogP contribution >= 0.6 is 0 Å². The van der Waals surface area contributed by atoms with Crippen molar-refractivity contribution in [2.45, 2.75) is 13.8 Å². The van der Waals surface area contributed by atoms with Crippen LogP contribution in [0.3, 0.4) is 0 Å². The van der Waals surface area contributed by atoms with Gasteiger partial charge in [-0.15, -0.1) is 0 Å². The van der Waals surface area contributed by atoms with Crippen LogP contribution in [0.2, 0.25) is 0 Å². The summed E-state index contributed by atoms with van der Waals surface area (Å²) < 4.78 is 13.6. The summed E-state index contributed by atoms with van der Waals surface area (Å²) in [5, 5.41) is 11.4. The third-order valence-electron chi connectivity index (χ3n) is 2.78. The fraction of sp³-hybridized carbons (Fsp3) is 0.143. The predicted molar refractivity (Wildman–Crippen MR) is 71.6 cm³/mol. The average molecular weight is 276 g/mol. The Bertz CT molecular complexity index is 692. The van der Waals surface area contributed by atoms with Gasteiger partial charge < -0.3 is 15.4 Å². The van der Waals surface area contributed by atoms with Crippen LogP contribution in [0.5, 0.6) is 0 Å². The summed E-state index contributed by atoms with van der Waals surface area (Å²) in [7, 11) is 0. The minimum atomic E-state index is -1.20. The summed E-state index contributed by atoms with van der Waals surface area (Å²) in [4.78, 5) is 25.6. The Kier molecular flexibility index (Phi) is 3.56. The van der Waals surface area contributed by atoms with E-state index in [1.807, 2.05) is 0 Å². The molecule has 0 aliphatic heterocycles. The van der Waals surface area contributed by atoms with E-state index in [-0.39, 0.29) is 16.9 Å². The molecule has 0 radical (unpaired) electrons. The van der Waals surface area contributed by atoms with Crippen molar-refractivity contribution in [1.82, 2.24) is 4.98 Å². The van der Waals surface area contributed by atoms with E-state index in [2.05, 4.69) is 10.3 Å². The zero-order valence-electron chi connectivity index (χ0n) is 11.0. The number of rotatable bonds is 3. The molecule has 0 spiro atoms. The third kappa shape index (κ3) is 2.69. The Morgan fingerprint density at radius 3 is 2.60 bits per heavy atom. The molecule has 0 atom stereocenters. The Morgan fingerprint density at radius 1 is 1.25 bits per heavy atom. The molecular formula is C14H13FN2O3. The topological polar surface area (TPSA) is 82.2 Å². The van der Waals surface area contributed by atoms with Crippen LogP contribution in [-0.2, 0) is 0 Å². The van der Waals surface area contributed by atoms with Gasteiger partial charge in [0, 0.05) is 5.69 Å². The molecule has 104 valence electrons. The number of hydrogen-bond donors (Lipinski definition) is 3. The molecule has 0 saturated carbocycles. The number of aromatic nitrogens is 1. The largest absolute Gasteiger partial charge is 0.477 e. The second kappa shape index (κ2) is 5.16. The van der Waals surface area contributed by atoms with Crippen LogP contribution in [0.4, 0.5) is 10.1 Å². The zero-order chi connectivity index (χ0) is 14.9. The van der Waals surface area contributed by atoms with Crippen molar-refractivity contribution in [1.29, 1.82) is 0 Å². The van der Waals surface area contributed by atoms with Crippen LogP contribution in [0.1, 0.15) is 32.1 Å². The van der Waals surface area contributed by atoms with E-state index in [1.165, 1.54) is 18.2 Å². The molecule has 0 saturated heterocycles. The van der Waals surface area contributed by atoms with E-state index in [9.17, 15) is 14.0 Å². The summed E-state index contributed by atoms with van der Waals surface area (Å²) in [6.45, 7) is 3.40. The van der Waals surface area contributed by atoms with Gasteiger partial charge in [-0.2, -0.15) is 0 Å². The minimum absolute atomic E-state index is 0.112. The molecule has 20 heavy (non-hydrogen) atoms. The number of benzene rings is 1. The molecule has 5 nitrogen and oxygen atoms in total. The molecule has 6 heteroatoms. The third-order valence-corrected chi connectivity index (χ3v) is 2.78. The number of halogens is 1. The van der Waals surface area contributed by atoms with Crippen LogP contribution in [-0.4, -0.2) is 22.0 Å². The molecular weight excluding hydrogens is 263 g/mol. The molecule has 0 unspecified atom stereocenters. The van der Waals surface area contributed by atoms with Crippen LogP contribution in [0, 0.1) is 19.7 Å². The molecule has 0 bridgehead atoms. The maximum Gasteiger partial charge on any atom is 0.354 e. The summed E-state index contributed by atoms with van der Waals surface area (Å²) in [6.07, 6.45) is 0. The van der Waals surface area contributed by atoms with E-state index < -0.39 is 17.7 Å². The van der Waals surface area contributed by atoms with Crippen molar-refractivity contribution in [2.24, 2.45) is 0 Å². The first kappa shape index (κ1) is 13.8. The van der Waals surface area contributed by atoms with Gasteiger partial charge in [0.05, 0.1) is 11.3 Å². The molecule has 0 aliphatic rings. The highest BCUT2D eigenvalue weighted by molar-refractivity contribution is 6.07. The predicted octanol–water partition coefficient (Wildman–Crippen LogP) is 2.72. The molecule has 1 heterocycles. The first-order valence-corrected chi connectivity index (χ1v) is 5.89. The van der Waals surface area contributed by atoms with Crippen molar-refractivity contribution < 1.29 is 19.1 Å². The molecule has 2 rings (SSSR count). The number of carboxylic acids is 1. The summed E-state index contributed by atoms with van der Waals surface area (Å²) in [5.41, 5.74) is 1.17. The fourth-order valence-corrected chi connectivity index (χ4v) is 1.86. The SMILES string of the molecule is Cc1ccc(F)c(C(=O)Nc2cc(C)[nH]c2C(=O)O)c1. The number of anilines is 1. The van der Waals surface area contributed by atoms with Gasteiger partial charge in [0.15, 0.2) is 0 Å². The molecule has 2 aromatic rings. The first-order valence-electron chi connectivity index (χ1n) is 5.89. The van der Waals surface area contributed by atoms with E-state index in [0.717, 1.165) is 5.56 Å². The van der Waals surface area contributed by atoms with Gasteiger partial charge in [0.1, 0.15) is 11.5 Å². The second-order valence-electron chi connectivity index (χ2n) is 4.48. The Morgan fingerprint density at radius 2 is 1.95 bits per heavy atom. The smallest absolute Gasteiger partial charge is 0.354 e.